The van der Waals surface area contributed by atoms with Gasteiger partial charge in [-0.2, -0.15) is 0 Å². The molecule has 0 fully saturated rings. The van der Waals surface area contributed by atoms with Gasteiger partial charge in [0, 0.05) is 32.2 Å². The first-order valence-electron chi connectivity index (χ1n) is 5.94. The molecule has 1 N–H and O–H groups in total. The molecule has 0 aliphatic rings. The lowest BCUT2D eigenvalue weighted by Crippen LogP contribution is -2.18. The Morgan fingerprint density at radius 3 is 2.88 bits per heavy atom. The van der Waals surface area contributed by atoms with Crippen LogP contribution in [-0.2, 0) is 11.2 Å². The van der Waals surface area contributed by atoms with Gasteiger partial charge in [-0.25, -0.2) is 9.97 Å². The summed E-state index contributed by atoms with van der Waals surface area (Å²) in [5.74, 6) is 1.75. The van der Waals surface area contributed by atoms with E-state index >= 15 is 0 Å². The predicted molar refractivity (Wildman–Crippen MR) is 73.3 cm³/mol. The van der Waals surface area contributed by atoms with Crippen molar-refractivity contribution in [3.05, 3.63) is 16.5 Å². The number of methoxy groups -OCH3 is 1. The van der Waals surface area contributed by atoms with Gasteiger partial charge in [0.1, 0.15) is 16.2 Å². The normalized spacial score (nSPS) is 12.5. The van der Waals surface area contributed by atoms with Crippen LogP contribution in [0.1, 0.15) is 32.5 Å². The number of rotatable bonds is 7. The van der Waals surface area contributed by atoms with Crippen LogP contribution < -0.4 is 5.32 Å². The minimum atomic E-state index is 0.339. The molecular formula is C12H20BrN3O. The summed E-state index contributed by atoms with van der Waals surface area (Å²) in [6, 6.07) is 2.24. The third-order valence-corrected chi connectivity index (χ3v) is 2.77. The van der Waals surface area contributed by atoms with E-state index in [1.54, 1.807) is 7.11 Å². The van der Waals surface area contributed by atoms with Gasteiger partial charge < -0.3 is 10.1 Å². The number of hydrogen-bond donors (Lipinski definition) is 1. The van der Waals surface area contributed by atoms with E-state index in [1.807, 2.05) is 6.07 Å². The van der Waals surface area contributed by atoms with Crippen molar-refractivity contribution in [2.24, 2.45) is 0 Å². The summed E-state index contributed by atoms with van der Waals surface area (Å²) in [7, 11) is 1.72. The van der Waals surface area contributed by atoms with E-state index in [9.17, 15) is 0 Å². The Morgan fingerprint density at radius 1 is 1.47 bits per heavy atom. The molecular weight excluding hydrogens is 282 g/mol. The first-order valence-corrected chi connectivity index (χ1v) is 6.74. The molecule has 0 spiro atoms. The SMILES string of the molecule is CCCc1nc(Br)cc(NC(C)CCOC)n1. The Labute approximate surface area is 111 Å². The maximum atomic E-state index is 5.05. The molecule has 0 aliphatic heterocycles. The van der Waals surface area contributed by atoms with Crippen molar-refractivity contribution in [3.8, 4) is 0 Å². The highest BCUT2D eigenvalue weighted by molar-refractivity contribution is 9.10. The molecule has 0 aromatic carbocycles. The molecule has 1 heterocycles. The molecule has 0 radical (unpaired) electrons. The molecule has 0 bridgehead atoms. The second-order valence-corrected chi connectivity index (χ2v) is 4.88. The van der Waals surface area contributed by atoms with Crippen molar-refractivity contribution in [1.29, 1.82) is 0 Å². The van der Waals surface area contributed by atoms with E-state index < -0.39 is 0 Å². The van der Waals surface area contributed by atoms with E-state index in [1.165, 1.54) is 0 Å². The number of nitrogens with zero attached hydrogens (tertiary/aromatic N) is 2. The van der Waals surface area contributed by atoms with E-state index in [2.05, 4.69) is 45.1 Å². The molecule has 1 atom stereocenters. The van der Waals surface area contributed by atoms with E-state index in [0.717, 1.165) is 42.1 Å². The highest BCUT2D eigenvalue weighted by Gasteiger charge is 2.06. The fourth-order valence-corrected chi connectivity index (χ4v) is 1.91. The minimum absolute atomic E-state index is 0.339. The maximum absolute atomic E-state index is 5.05. The second-order valence-electron chi connectivity index (χ2n) is 4.07. The second kappa shape index (κ2) is 7.61. The van der Waals surface area contributed by atoms with E-state index in [-0.39, 0.29) is 0 Å². The maximum Gasteiger partial charge on any atom is 0.132 e. The van der Waals surface area contributed by atoms with Crippen LogP contribution in [0.15, 0.2) is 10.7 Å². The summed E-state index contributed by atoms with van der Waals surface area (Å²) in [5.41, 5.74) is 0. The van der Waals surface area contributed by atoms with Gasteiger partial charge in [0.25, 0.3) is 0 Å². The van der Waals surface area contributed by atoms with Gasteiger partial charge in [-0.1, -0.05) is 6.92 Å². The number of nitrogens with one attached hydrogen (secondary N) is 1. The van der Waals surface area contributed by atoms with Gasteiger partial charge >= 0.3 is 0 Å². The smallest absolute Gasteiger partial charge is 0.132 e. The van der Waals surface area contributed by atoms with Crippen LogP contribution >= 0.6 is 15.9 Å². The topological polar surface area (TPSA) is 47.0 Å². The van der Waals surface area contributed by atoms with Crippen molar-refractivity contribution in [3.63, 3.8) is 0 Å². The largest absolute Gasteiger partial charge is 0.385 e. The average molecular weight is 302 g/mol. The first-order chi connectivity index (χ1) is 8.15. The summed E-state index contributed by atoms with van der Waals surface area (Å²) in [4.78, 5) is 8.81. The molecule has 5 heteroatoms. The summed E-state index contributed by atoms with van der Waals surface area (Å²) in [6.45, 7) is 5.00. The highest BCUT2D eigenvalue weighted by Crippen LogP contribution is 2.14. The molecule has 0 amide bonds. The Kier molecular flexibility index (Phi) is 6.44. The van der Waals surface area contributed by atoms with Crippen LogP contribution in [0.3, 0.4) is 0 Å². The van der Waals surface area contributed by atoms with Crippen LogP contribution in [0, 0.1) is 0 Å². The lowest BCUT2D eigenvalue weighted by Gasteiger charge is -2.14. The van der Waals surface area contributed by atoms with Crippen molar-refractivity contribution in [2.45, 2.75) is 39.2 Å². The van der Waals surface area contributed by atoms with E-state index in [4.69, 9.17) is 4.74 Å². The highest BCUT2D eigenvalue weighted by atomic mass is 79.9. The molecule has 0 saturated heterocycles. The van der Waals surface area contributed by atoms with Crippen LogP contribution in [0.2, 0.25) is 0 Å². The number of ether oxygens (including phenoxy) is 1. The fourth-order valence-electron chi connectivity index (χ4n) is 1.49. The van der Waals surface area contributed by atoms with Crippen molar-refractivity contribution in [1.82, 2.24) is 9.97 Å². The zero-order valence-corrected chi connectivity index (χ0v) is 12.2. The molecule has 1 aromatic heterocycles. The standard InChI is InChI=1S/C12H20BrN3O/c1-4-5-11-15-10(13)8-12(16-11)14-9(2)6-7-17-3/h8-9H,4-7H2,1-3H3,(H,14,15,16). The van der Waals surface area contributed by atoms with E-state index in [0.29, 0.717) is 6.04 Å². The number of hydrogen-bond acceptors (Lipinski definition) is 4. The summed E-state index contributed by atoms with van der Waals surface area (Å²) in [6.07, 6.45) is 2.91. The number of aryl methyl sites for hydroxylation is 1. The van der Waals surface area contributed by atoms with Crippen LogP contribution in [0.4, 0.5) is 5.82 Å². The van der Waals surface area contributed by atoms with Crippen LogP contribution in [-0.4, -0.2) is 29.7 Å². The zero-order chi connectivity index (χ0) is 12.7. The molecule has 1 unspecified atom stereocenters. The van der Waals surface area contributed by atoms with Crippen molar-refractivity contribution in [2.75, 3.05) is 19.0 Å². The Hall–Kier alpha value is -0.680. The molecule has 0 aliphatic carbocycles. The molecule has 0 saturated carbocycles. The van der Waals surface area contributed by atoms with Gasteiger partial charge in [-0.15, -0.1) is 0 Å². The third-order valence-electron chi connectivity index (χ3n) is 2.36. The van der Waals surface area contributed by atoms with Gasteiger partial charge in [0.2, 0.25) is 0 Å². The first kappa shape index (κ1) is 14.4. The Morgan fingerprint density at radius 2 is 2.24 bits per heavy atom. The monoisotopic (exact) mass is 301 g/mol. The number of aromatic nitrogens is 2. The Balaban J connectivity index is 2.63. The van der Waals surface area contributed by atoms with Gasteiger partial charge in [-0.05, 0) is 35.7 Å². The molecule has 17 heavy (non-hydrogen) atoms. The zero-order valence-electron chi connectivity index (χ0n) is 10.7. The van der Waals surface area contributed by atoms with Crippen LogP contribution in [0.5, 0.6) is 0 Å². The lowest BCUT2D eigenvalue weighted by molar-refractivity contribution is 0.191. The van der Waals surface area contributed by atoms with Gasteiger partial charge in [0.05, 0.1) is 0 Å². The molecule has 4 nitrogen and oxygen atoms in total. The predicted octanol–water partition coefficient (Wildman–Crippen LogP) is 3.03. The number of anilines is 1. The van der Waals surface area contributed by atoms with Crippen molar-refractivity contribution >= 4 is 21.7 Å². The molecule has 96 valence electrons. The summed E-state index contributed by atoms with van der Waals surface area (Å²) < 4.78 is 5.89. The molecule has 1 rings (SSSR count). The van der Waals surface area contributed by atoms with Crippen molar-refractivity contribution < 1.29 is 4.74 Å². The average Bonchev–Trinajstić information content (AvgIpc) is 2.26. The van der Waals surface area contributed by atoms with Gasteiger partial charge in [0.15, 0.2) is 0 Å². The lowest BCUT2D eigenvalue weighted by atomic mass is 10.2. The van der Waals surface area contributed by atoms with Gasteiger partial charge in [-0.3, -0.25) is 0 Å². The fraction of sp³-hybridized carbons (Fsp3) is 0.667. The van der Waals surface area contributed by atoms with Crippen LogP contribution in [0.25, 0.3) is 0 Å². The third kappa shape index (κ3) is 5.46. The summed E-state index contributed by atoms with van der Waals surface area (Å²) >= 11 is 3.41. The quantitative estimate of drug-likeness (QED) is 0.787. The minimum Gasteiger partial charge on any atom is -0.385 e. The Bertz CT molecular complexity index is 347. The number of halogens is 1. The summed E-state index contributed by atoms with van der Waals surface area (Å²) in [5, 5.41) is 3.36. The molecule has 1 aromatic rings.